The molecule has 2 aromatic carbocycles. The minimum Gasteiger partial charge on any atom is -0.0827 e. The highest BCUT2D eigenvalue weighted by atomic mass is 35.5. The Morgan fingerprint density at radius 2 is 1.58 bits per heavy atom. The molecule has 0 saturated carbocycles. The number of benzene rings is 2. The number of halogens is 2. The lowest BCUT2D eigenvalue weighted by molar-refractivity contribution is 1.14. The number of rotatable bonds is 3. The van der Waals surface area contributed by atoms with Crippen LogP contribution < -0.4 is 0 Å². The average molecular weight is 291 g/mol. The van der Waals surface area contributed by atoms with Crippen molar-refractivity contribution in [2.45, 2.75) is 20.3 Å². The zero-order valence-corrected chi connectivity index (χ0v) is 12.6. The predicted octanol–water partition coefficient (Wildman–Crippen LogP) is 6.03. The third-order valence-electron chi connectivity index (χ3n) is 3.09. The topological polar surface area (TPSA) is 0 Å². The molecule has 0 nitrogen and oxygen atoms in total. The third kappa shape index (κ3) is 3.62. The van der Waals surface area contributed by atoms with Crippen molar-refractivity contribution in [3.63, 3.8) is 0 Å². The van der Waals surface area contributed by atoms with E-state index in [2.05, 4.69) is 43.3 Å². The van der Waals surface area contributed by atoms with Crippen LogP contribution in [0, 0.1) is 6.92 Å². The molecule has 0 saturated heterocycles. The van der Waals surface area contributed by atoms with Crippen molar-refractivity contribution < 1.29 is 0 Å². The molecule has 0 aliphatic carbocycles. The van der Waals surface area contributed by atoms with E-state index in [1.165, 1.54) is 11.1 Å². The van der Waals surface area contributed by atoms with Gasteiger partial charge in [-0.3, -0.25) is 0 Å². The molecule has 0 atom stereocenters. The largest absolute Gasteiger partial charge is 0.0827 e. The molecule has 0 amide bonds. The summed E-state index contributed by atoms with van der Waals surface area (Å²) in [5.74, 6) is 0. The van der Waals surface area contributed by atoms with Crippen LogP contribution in [0.5, 0.6) is 0 Å². The maximum Gasteiger partial charge on any atom is 0.0621 e. The van der Waals surface area contributed by atoms with Crippen molar-refractivity contribution >= 4 is 35.4 Å². The van der Waals surface area contributed by atoms with E-state index in [0.29, 0.717) is 10.0 Å². The molecule has 0 spiro atoms. The van der Waals surface area contributed by atoms with Gasteiger partial charge < -0.3 is 0 Å². The molecule has 98 valence electrons. The molecule has 0 aliphatic rings. The van der Waals surface area contributed by atoms with E-state index in [0.717, 1.165) is 17.5 Å². The average Bonchev–Trinajstić information content (AvgIpc) is 2.43. The summed E-state index contributed by atoms with van der Waals surface area (Å²) in [4.78, 5) is 0. The Morgan fingerprint density at radius 3 is 2.16 bits per heavy atom. The minimum atomic E-state index is 0.600. The van der Waals surface area contributed by atoms with E-state index in [1.54, 1.807) is 0 Å². The first-order valence-corrected chi connectivity index (χ1v) is 7.08. The Morgan fingerprint density at radius 1 is 0.947 bits per heavy atom. The van der Waals surface area contributed by atoms with Gasteiger partial charge in [-0.25, -0.2) is 0 Å². The van der Waals surface area contributed by atoms with Crippen LogP contribution in [0.2, 0.25) is 10.0 Å². The normalized spacial score (nSPS) is 11.2. The van der Waals surface area contributed by atoms with Crippen LogP contribution in [-0.4, -0.2) is 0 Å². The summed E-state index contributed by atoms with van der Waals surface area (Å²) in [6.45, 7) is 4.12. The molecule has 0 heterocycles. The van der Waals surface area contributed by atoms with Crippen LogP contribution in [0.25, 0.3) is 12.2 Å². The lowest BCUT2D eigenvalue weighted by atomic mass is 10.1. The summed E-state index contributed by atoms with van der Waals surface area (Å²) in [7, 11) is 0. The summed E-state index contributed by atoms with van der Waals surface area (Å²) in [6, 6.07) is 12.5. The van der Waals surface area contributed by atoms with Gasteiger partial charge in [-0.1, -0.05) is 72.6 Å². The van der Waals surface area contributed by atoms with E-state index in [9.17, 15) is 0 Å². The lowest BCUT2D eigenvalue weighted by Crippen LogP contribution is -1.81. The highest BCUT2D eigenvalue weighted by Crippen LogP contribution is 2.27. The van der Waals surface area contributed by atoms with Gasteiger partial charge in [0, 0.05) is 0 Å². The fraction of sp³-hybridized carbons (Fsp3) is 0.176. The van der Waals surface area contributed by atoms with Crippen molar-refractivity contribution in [1.82, 2.24) is 0 Å². The van der Waals surface area contributed by atoms with E-state index in [1.807, 2.05) is 19.1 Å². The van der Waals surface area contributed by atoms with Gasteiger partial charge in [-0.05, 0) is 41.7 Å². The second-order valence-corrected chi connectivity index (χ2v) is 5.35. The molecule has 0 fully saturated rings. The molecule has 0 bridgehead atoms. The zero-order chi connectivity index (χ0) is 13.8. The maximum atomic E-state index is 6.07. The van der Waals surface area contributed by atoms with E-state index >= 15 is 0 Å². The van der Waals surface area contributed by atoms with Gasteiger partial charge in [0.05, 0.1) is 10.0 Å². The summed E-state index contributed by atoms with van der Waals surface area (Å²) in [5, 5.41) is 1.23. The van der Waals surface area contributed by atoms with Crippen molar-refractivity contribution in [2.75, 3.05) is 0 Å². The molecule has 0 radical (unpaired) electrons. The van der Waals surface area contributed by atoms with Crippen molar-refractivity contribution in [1.29, 1.82) is 0 Å². The van der Waals surface area contributed by atoms with Crippen LogP contribution in [0.15, 0.2) is 36.4 Å². The van der Waals surface area contributed by atoms with Gasteiger partial charge in [0.15, 0.2) is 0 Å². The molecule has 2 heteroatoms. The van der Waals surface area contributed by atoms with Gasteiger partial charge in [-0.15, -0.1) is 0 Å². The Labute approximate surface area is 124 Å². The first-order chi connectivity index (χ1) is 9.10. The second-order valence-electron chi connectivity index (χ2n) is 4.56. The quantitative estimate of drug-likeness (QED) is 0.605. The van der Waals surface area contributed by atoms with Gasteiger partial charge in [0.2, 0.25) is 0 Å². The molecule has 19 heavy (non-hydrogen) atoms. The molecule has 0 unspecified atom stereocenters. The third-order valence-corrected chi connectivity index (χ3v) is 3.99. The van der Waals surface area contributed by atoms with Crippen molar-refractivity contribution in [2.24, 2.45) is 0 Å². The fourth-order valence-corrected chi connectivity index (χ4v) is 2.29. The zero-order valence-electron chi connectivity index (χ0n) is 11.1. The monoisotopic (exact) mass is 290 g/mol. The highest BCUT2D eigenvalue weighted by molar-refractivity contribution is 6.42. The smallest absolute Gasteiger partial charge is 0.0621 e. The Kier molecular flexibility index (Phi) is 4.68. The van der Waals surface area contributed by atoms with Crippen LogP contribution in [0.3, 0.4) is 0 Å². The number of hydrogen-bond donors (Lipinski definition) is 0. The van der Waals surface area contributed by atoms with Gasteiger partial charge in [-0.2, -0.15) is 0 Å². The minimum absolute atomic E-state index is 0.600. The summed E-state index contributed by atoms with van der Waals surface area (Å²) >= 11 is 12.1. The first-order valence-electron chi connectivity index (χ1n) is 6.33. The summed E-state index contributed by atoms with van der Waals surface area (Å²) < 4.78 is 0. The molecule has 0 aromatic heterocycles. The Bertz CT molecular complexity index is 572. The number of aryl methyl sites for hydroxylation is 2. The van der Waals surface area contributed by atoms with Crippen LogP contribution in [-0.2, 0) is 6.42 Å². The van der Waals surface area contributed by atoms with Crippen molar-refractivity contribution in [3.8, 4) is 0 Å². The molecular weight excluding hydrogens is 275 g/mol. The maximum absolute atomic E-state index is 6.07. The highest BCUT2D eigenvalue weighted by Gasteiger charge is 2.02. The Balaban J connectivity index is 2.22. The summed E-state index contributed by atoms with van der Waals surface area (Å²) in [5.41, 5.74) is 4.59. The van der Waals surface area contributed by atoms with Crippen molar-refractivity contribution in [3.05, 3.63) is 68.7 Å². The predicted molar refractivity (Wildman–Crippen MR) is 85.9 cm³/mol. The van der Waals surface area contributed by atoms with Crippen LogP contribution in [0.1, 0.15) is 29.2 Å². The molecule has 0 aliphatic heterocycles. The lowest BCUT2D eigenvalue weighted by Gasteiger charge is -2.03. The van der Waals surface area contributed by atoms with Gasteiger partial charge in [0.25, 0.3) is 0 Å². The standard InChI is InChI=1S/C17H16Cl2/c1-3-13-4-6-14(7-5-13)8-9-15-10-12(2)17(19)16(18)11-15/h4-11H,3H2,1-2H3/b9-8+. The van der Waals surface area contributed by atoms with E-state index < -0.39 is 0 Å². The first kappa shape index (κ1) is 14.2. The van der Waals surface area contributed by atoms with Crippen LogP contribution >= 0.6 is 23.2 Å². The molecule has 2 rings (SSSR count). The van der Waals surface area contributed by atoms with Crippen LogP contribution in [0.4, 0.5) is 0 Å². The summed E-state index contributed by atoms with van der Waals surface area (Å²) in [6.07, 6.45) is 5.20. The van der Waals surface area contributed by atoms with Gasteiger partial charge >= 0.3 is 0 Å². The molecular formula is C17H16Cl2. The van der Waals surface area contributed by atoms with E-state index in [-0.39, 0.29) is 0 Å². The molecule has 2 aromatic rings. The van der Waals surface area contributed by atoms with Gasteiger partial charge in [0.1, 0.15) is 0 Å². The molecule has 0 N–H and O–H groups in total. The SMILES string of the molecule is CCc1ccc(/C=C/c2cc(C)c(Cl)c(Cl)c2)cc1. The Hall–Kier alpha value is -1.24. The fourth-order valence-electron chi connectivity index (χ4n) is 1.91. The van der Waals surface area contributed by atoms with E-state index in [4.69, 9.17) is 23.2 Å². The number of hydrogen-bond acceptors (Lipinski definition) is 0. The second kappa shape index (κ2) is 6.27.